The van der Waals surface area contributed by atoms with Crippen molar-refractivity contribution in [2.45, 2.75) is 52.5 Å². The van der Waals surface area contributed by atoms with Crippen LogP contribution in [-0.4, -0.2) is 50.8 Å². The highest BCUT2D eigenvalue weighted by molar-refractivity contribution is 4.91. The van der Waals surface area contributed by atoms with Gasteiger partial charge in [-0.25, -0.2) is 0 Å². The van der Waals surface area contributed by atoms with E-state index in [1.165, 1.54) is 45.3 Å². The van der Waals surface area contributed by atoms with Crippen LogP contribution < -0.4 is 5.32 Å². The van der Waals surface area contributed by atoms with Crippen molar-refractivity contribution in [2.75, 3.05) is 39.9 Å². The zero-order chi connectivity index (χ0) is 13.9. The van der Waals surface area contributed by atoms with Gasteiger partial charge < -0.3 is 15.0 Å². The van der Waals surface area contributed by atoms with Gasteiger partial charge in [-0.3, -0.25) is 0 Å². The lowest BCUT2D eigenvalue weighted by molar-refractivity contribution is 0.0135. The van der Waals surface area contributed by atoms with Crippen LogP contribution in [0.4, 0.5) is 0 Å². The Balaban J connectivity index is 1.81. The van der Waals surface area contributed by atoms with E-state index in [9.17, 15) is 0 Å². The lowest BCUT2D eigenvalue weighted by atomic mass is 9.78. The maximum Gasteiger partial charge on any atom is 0.0531 e. The fourth-order valence-electron chi connectivity index (χ4n) is 3.18. The summed E-state index contributed by atoms with van der Waals surface area (Å²) in [4.78, 5) is 2.63. The van der Waals surface area contributed by atoms with Crippen LogP contribution in [0.1, 0.15) is 46.5 Å². The van der Waals surface area contributed by atoms with E-state index in [0.717, 1.165) is 19.2 Å². The van der Waals surface area contributed by atoms with Gasteiger partial charge in [0.05, 0.1) is 6.61 Å². The van der Waals surface area contributed by atoms with Gasteiger partial charge >= 0.3 is 0 Å². The minimum atomic E-state index is 0.381. The molecule has 1 N–H and O–H groups in total. The minimum Gasteiger partial charge on any atom is -0.384 e. The predicted molar refractivity (Wildman–Crippen MR) is 80.5 cm³/mol. The van der Waals surface area contributed by atoms with Gasteiger partial charge in [0.25, 0.3) is 0 Å². The Morgan fingerprint density at radius 2 is 1.84 bits per heavy atom. The Labute approximate surface area is 119 Å². The second-order valence-corrected chi connectivity index (χ2v) is 7.92. The van der Waals surface area contributed by atoms with Gasteiger partial charge in [0.2, 0.25) is 0 Å². The summed E-state index contributed by atoms with van der Waals surface area (Å²) in [5, 5.41) is 3.72. The van der Waals surface area contributed by atoms with Crippen molar-refractivity contribution in [3.8, 4) is 0 Å². The molecule has 1 heterocycles. The van der Waals surface area contributed by atoms with E-state index in [2.05, 4.69) is 31.0 Å². The molecule has 0 atom stereocenters. The molecule has 1 aliphatic carbocycles. The predicted octanol–water partition coefficient (Wildman–Crippen LogP) is 2.51. The van der Waals surface area contributed by atoms with Crippen LogP contribution in [0.25, 0.3) is 0 Å². The Morgan fingerprint density at radius 1 is 1.21 bits per heavy atom. The molecule has 0 amide bonds. The van der Waals surface area contributed by atoms with Crippen molar-refractivity contribution in [1.29, 1.82) is 0 Å². The van der Waals surface area contributed by atoms with Crippen molar-refractivity contribution >= 4 is 0 Å². The first-order valence-electron chi connectivity index (χ1n) is 7.87. The van der Waals surface area contributed by atoms with Crippen LogP contribution in [0.5, 0.6) is 0 Å². The normalized spacial score (nSPS) is 24.6. The molecule has 0 aromatic heterocycles. The molecular formula is C16H32N2O. The highest BCUT2D eigenvalue weighted by atomic mass is 16.5. The Hall–Kier alpha value is -0.120. The second kappa shape index (κ2) is 6.11. The summed E-state index contributed by atoms with van der Waals surface area (Å²) in [6.45, 7) is 12.7. The van der Waals surface area contributed by atoms with Crippen LogP contribution >= 0.6 is 0 Å². The van der Waals surface area contributed by atoms with E-state index in [1.54, 1.807) is 0 Å². The van der Waals surface area contributed by atoms with Gasteiger partial charge in [-0.2, -0.15) is 0 Å². The number of rotatable bonds is 6. The number of nitrogens with one attached hydrogen (secondary N) is 1. The SMILES string of the molecule is COCC1(CNC2CC2)CCN(CC(C)(C)C)CC1. The largest absolute Gasteiger partial charge is 0.384 e. The van der Waals surface area contributed by atoms with Crippen molar-refractivity contribution < 1.29 is 4.74 Å². The molecule has 1 aliphatic heterocycles. The van der Waals surface area contributed by atoms with Gasteiger partial charge in [-0.05, 0) is 44.2 Å². The summed E-state index contributed by atoms with van der Waals surface area (Å²) in [7, 11) is 1.85. The molecule has 1 saturated heterocycles. The molecule has 0 bridgehead atoms. The van der Waals surface area contributed by atoms with Crippen LogP contribution in [0.3, 0.4) is 0 Å². The van der Waals surface area contributed by atoms with Crippen molar-refractivity contribution in [2.24, 2.45) is 10.8 Å². The molecule has 1 saturated carbocycles. The molecule has 19 heavy (non-hydrogen) atoms. The first kappa shape index (κ1) is 15.3. The molecule has 0 radical (unpaired) electrons. The van der Waals surface area contributed by atoms with Crippen LogP contribution in [0.2, 0.25) is 0 Å². The molecule has 0 spiro atoms. The van der Waals surface area contributed by atoms with Gasteiger partial charge in [0.1, 0.15) is 0 Å². The van der Waals surface area contributed by atoms with E-state index in [0.29, 0.717) is 10.8 Å². The number of hydrogen-bond acceptors (Lipinski definition) is 3. The molecule has 112 valence electrons. The molecule has 0 aromatic carbocycles. The Bertz CT molecular complexity index is 273. The maximum atomic E-state index is 5.52. The summed E-state index contributed by atoms with van der Waals surface area (Å²) in [5.41, 5.74) is 0.791. The third kappa shape index (κ3) is 5.05. The third-order valence-electron chi connectivity index (χ3n) is 4.41. The molecule has 0 aromatic rings. The minimum absolute atomic E-state index is 0.381. The Kier molecular flexibility index (Phi) is 4.91. The van der Waals surface area contributed by atoms with E-state index in [1.807, 2.05) is 7.11 Å². The van der Waals surface area contributed by atoms with E-state index in [4.69, 9.17) is 4.74 Å². The van der Waals surface area contributed by atoms with Crippen LogP contribution in [0.15, 0.2) is 0 Å². The molecule has 3 nitrogen and oxygen atoms in total. The summed E-state index contributed by atoms with van der Waals surface area (Å²) in [6.07, 6.45) is 5.30. The van der Waals surface area contributed by atoms with E-state index < -0.39 is 0 Å². The van der Waals surface area contributed by atoms with Gasteiger partial charge in [0, 0.05) is 31.7 Å². The Morgan fingerprint density at radius 3 is 2.32 bits per heavy atom. The summed E-state index contributed by atoms with van der Waals surface area (Å²) in [6, 6.07) is 0.807. The third-order valence-corrected chi connectivity index (χ3v) is 4.41. The first-order chi connectivity index (χ1) is 8.92. The first-order valence-corrected chi connectivity index (χ1v) is 7.87. The summed E-state index contributed by atoms with van der Waals surface area (Å²) in [5.74, 6) is 0. The highest BCUT2D eigenvalue weighted by Crippen LogP contribution is 2.33. The number of nitrogens with zero attached hydrogens (tertiary/aromatic N) is 1. The maximum absolute atomic E-state index is 5.52. The van der Waals surface area contributed by atoms with Crippen molar-refractivity contribution in [3.63, 3.8) is 0 Å². The molecule has 2 aliphatic rings. The van der Waals surface area contributed by atoms with Crippen molar-refractivity contribution in [3.05, 3.63) is 0 Å². The molecule has 2 rings (SSSR count). The van der Waals surface area contributed by atoms with E-state index >= 15 is 0 Å². The fraction of sp³-hybridized carbons (Fsp3) is 1.00. The molecule has 0 unspecified atom stereocenters. The lowest BCUT2D eigenvalue weighted by Gasteiger charge is -2.43. The summed E-state index contributed by atoms with van der Waals surface area (Å²) < 4.78 is 5.52. The van der Waals surface area contributed by atoms with Gasteiger partial charge in [-0.1, -0.05) is 20.8 Å². The van der Waals surface area contributed by atoms with E-state index in [-0.39, 0.29) is 0 Å². The number of piperidine rings is 1. The highest BCUT2D eigenvalue weighted by Gasteiger charge is 2.36. The van der Waals surface area contributed by atoms with Crippen LogP contribution in [0, 0.1) is 10.8 Å². The molecule has 3 heteroatoms. The number of ether oxygens (including phenoxy) is 1. The molecule has 2 fully saturated rings. The van der Waals surface area contributed by atoms with Gasteiger partial charge in [-0.15, -0.1) is 0 Å². The number of methoxy groups -OCH3 is 1. The quantitative estimate of drug-likeness (QED) is 0.801. The van der Waals surface area contributed by atoms with Gasteiger partial charge in [0.15, 0.2) is 0 Å². The average Bonchev–Trinajstić information content (AvgIpc) is 3.12. The lowest BCUT2D eigenvalue weighted by Crippen LogP contribution is -2.49. The second-order valence-electron chi connectivity index (χ2n) is 7.92. The van der Waals surface area contributed by atoms with Crippen molar-refractivity contribution in [1.82, 2.24) is 10.2 Å². The number of hydrogen-bond donors (Lipinski definition) is 1. The zero-order valence-corrected chi connectivity index (χ0v) is 13.3. The zero-order valence-electron chi connectivity index (χ0n) is 13.3. The fourth-order valence-corrected chi connectivity index (χ4v) is 3.18. The smallest absolute Gasteiger partial charge is 0.0531 e. The van der Waals surface area contributed by atoms with Crippen LogP contribution in [-0.2, 0) is 4.74 Å². The average molecular weight is 268 g/mol. The monoisotopic (exact) mass is 268 g/mol. The summed E-state index contributed by atoms with van der Waals surface area (Å²) >= 11 is 0. The number of likely N-dealkylation sites (tertiary alicyclic amines) is 1. The topological polar surface area (TPSA) is 24.5 Å². The standard InChI is InChI=1S/C16H32N2O/c1-15(2,3)12-18-9-7-16(8-10-18,13-19-4)11-17-14-5-6-14/h14,17H,5-13H2,1-4H3. The molecular weight excluding hydrogens is 236 g/mol.